The van der Waals surface area contributed by atoms with Gasteiger partial charge in [-0.15, -0.1) is 0 Å². The van der Waals surface area contributed by atoms with Crippen LogP contribution in [0.15, 0.2) is 18.2 Å². The van der Waals surface area contributed by atoms with Crippen LogP contribution in [0.3, 0.4) is 0 Å². The minimum atomic E-state index is -0.0910. The largest absolute Gasteiger partial charge is 0.393 e. The minimum absolute atomic E-state index is 0.0910. The van der Waals surface area contributed by atoms with Gasteiger partial charge in [-0.2, -0.15) is 0 Å². The summed E-state index contributed by atoms with van der Waals surface area (Å²) < 4.78 is 0. The van der Waals surface area contributed by atoms with Crippen molar-refractivity contribution < 1.29 is 5.11 Å². The molecular formula is C12H18N2O. The zero-order chi connectivity index (χ0) is 10.7. The Labute approximate surface area is 90.8 Å². The molecule has 2 rings (SSSR count). The fraction of sp³-hybridized carbons (Fsp3) is 0.583. The van der Waals surface area contributed by atoms with Crippen LogP contribution in [0.5, 0.6) is 0 Å². The normalized spacial score (nSPS) is 19.3. The molecule has 1 saturated heterocycles. The summed E-state index contributed by atoms with van der Waals surface area (Å²) in [5.74, 6) is 0. The van der Waals surface area contributed by atoms with Gasteiger partial charge in [0.1, 0.15) is 0 Å². The molecule has 0 aliphatic carbocycles. The summed E-state index contributed by atoms with van der Waals surface area (Å²) in [7, 11) is 0. The van der Waals surface area contributed by atoms with Gasteiger partial charge in [-0.3, -0.25) is 9.88 Å². The predicted molar refractivity (Wildman–Crippen MR) is 59.5 cm³/mol. The number of aromatic nitrogens is 1. The Morgan fingerprint density at radius 2 is 2.13 bits per heavy atom. The SMILES string of the molecule is Cc1cccc(CN2CCC(O)CC2)n1. The molecule has 3 nitrogen and oxygen atoms in total. The maximum absolute atomic E-state index is 9.39. The summed E-state index contributed by atoms with van der Waals surface area (Å²) in [5.41, 5.74) is 2.20. The number of piperidine rings is 1. The van der Waals surface area contributed by atoms with E-state index < -0.39 is 0 Å². The van der Waals surface area contributed by atoms with Gasteiger partial charge < -0.3 is 5.11 Å². The molecule has 0 radical (unpaired) electrons. The molecule has 1 aromatic rings. The topological polar surface area (TPSA) is 36.4 Å². The zero-order valence-electron chi connectivity index (χ0n) is 9.19. The smallest absolute Gasteiger partial charge is 0.0564 e. The molecule has 0 spiro atoms. The molecule has 1 aliphatic rings. The fourth-order valence-electron chi connectivity index (χ4n) is 1.99. The van der Waals surface area contributed by atoms with Crippen molar-refractivity contribution in [2.45, 2.75) is 32.4 Å². The highest BCUT2D eigenvalue weighted by molar-refractivity contribution is 5.09. The van der Waals surface area contributed by atoms with Gasteiger partial charge >= 0.3 is 0 Å². The molecule has 0 amide bonds. The lowest BCUT2D eigenvalue weighted by Gasteiger charge is -2.29. The standard InChI is InChI=1S/C12H18N2O/c1-10-3-2-4-11(13-10)9-14-7-5-12(15)6-8-14/h2-4,12,15H,5-9H2,1H3. The van der Waals surface area contributed by atoms with E-state index in [4.69, 9.17) is 0 Å². The van der Waals surface area contributed by atoms with E-state index >= 15 is 0 Å². The minimum Gasteiger partial charge on any atom is -0.393 e. The van der Waals surface area contributed by atoms with Crippen molar-refractivity contribution in [2.75, 3.05) is 13.1 Å². The number of likely N-dealkylation sites (tertiary alicyclic amines) is 1. The van der Waals surface area contributed by atoms with E-state index in [2.05, 4.69) is 22.0 Å². The summed E-state index contributed by atoms with van der Waals surface area (Å²) in [6.07, 6.45) is 1.70. The quantitative estimate of drug-likeness (QED) is 0.793. The van der Waals surface area contributed by atoms with E-state index in [1.54, 1.807) is 0 Å². The summed E-state index contributed by atoms with van der Waals surface area (Å²) in [6, 6.07) is 6.14. The van der Waals surface area contributed by atoms with Crippen molar-refractivity contribution in [2.24, 2.45) is 0 Å². The highest BCUT2D eigenvalue weighted by Crippen LogP contribution is 2.12. The van der Waals surface area contributed by atoms with Crippen LogP contribution < -0.4 is 0 Å². The van der Waals surface area contributed by atoms with Gasteiger partial charge in [0.2, 0.25) is 0 Å². The van der Waals surface area contributed by atoms with Crippen molar-refractivity contribution in [3.8, 4) is 0 Å². The third-order valence-electron chi connectivity index (χ3n) is 2.89. The lowest BCUT2D eigenvalue weighted by molar-refractivity contribution is 0.0786. The Kier molecular flexibility index (Phi) is 3.34. The van der Waals surface area contributed by atoms with Crippen molar-refractivity contribution >= 4 is 0 Å². The molecular weight excluding hydrogens is 188 g/mol. The second kappa shape index (κ2) is 4.73. The Balaban J connectivity index is 1.92. The summed E-state index contributed by atoms with van der Waals surface area (Å²) in [4.78, 5) is 6.84. The number of aryl methyl sites for hydroxylation is 1. The van der Waals surface area contributed by atoms with Gasteiger partial charge in [-0.05, 0) is 31.9 Å². The average molecular weight is 206 g/mol. The molecule has 0 aromatic carbocycles. The Hall–Kier alpha value is -0.930. The van der Waals surface area contributed by atoms with Crippen molar-refractivity contribution in [3.63, 3.8) is 0 Å². The number of aliphatic hydroxyl groups is 1. The van der Waals surface area contributed by atoms with Crippen LogP contribution in [-0.4, -0.2) is 34.2 Å². The molecule has 0 bridgehead atoms. The van der Waals surface area contributed by atoms with Gasteiger partial charge in [-0.25, -0.2) is 0 Å². The Bertz CT molecular complexity index is 319. The second-order valence-corrected chi connectivity index (χ2v) is 4.28. The fourth-order valence-corrected chi connectivity index (χ4v) is 1.99. The summed E-state index contributed by atoms with van der Waals surface area (Å²) in [6.45, 7) is 4.89. The number of nitrogens with zero attached hydrogens (tertiary/aromatic N) is 2. The lowest BCUT2D eigenvalue weighted by atomic mass is 10.1. The van der Waals surface area contributed by atoms with Crippen LogP contribution in [0.1, 0.15) is 24.2 Å². The lowest BCUT2D eigenvalue weighted by Crippen LogP contribution is -2.35. The highest BCUT2D eigenvalue weighted by Gasteiger charge is 2.16. The Morgan fingerprint density at radius 3 is 2.80 bits per heavy atom. The van der Waals surface area contributed by atoms with Crippen LogP contribution in [0.2, 0.25) is 0 Å². The molecule has 1 aliphatic heterocycles. The van der Waals surface area contributed by atoms with E-state index in [1.165, 1.54) is 0 Å². The molecule has 0 atom stereocenters. The zero-order valence-corrected chi connectivity index (χ0v) is 9.19. The van der Waals surface area contributed by atoms with Crippen LogP contribution in [0.4, 0.5) is 0 Å². The molecule has 82 valence electrons. The maximum atomic E-state index is 9.39. The second-order valence-electron chi connectivity index (χ2n) is 4.28. The van der Waals surface area contributed by atoms with Gasteiger partial charge in [0.05, 0.1) is 11.8 Å². The molecule has 1 fully saturated rings. The maximum Gasteiger partial charge on any atom is 0.0564 e. The number of pyridine rings is 1. The van der Waals surface area contributed by atoms with E-state index in [-0.39, 0.29) is 6.10 Å². The van der Waals surface area contributed by atoms with E-state index in [0.717, 1.165) is 43.9 Å². The third kappa shape index (κ3) is 3.01. The average Bonchev–Trinajstić information content (AvgIpc) is 2.22. The molecule has 1 aromatic heterocycles. The third-order valence-corrected chi connectivity index (χ3v) is 2.89. The summed E-state index contributed by atoms with van der Waals surface area (Å²) >= 11 is 0. The number of aliphatic hydroxyl groups excluding tert-OH is 1. The number of rotatable bonds is 2. The van der Waals surface area contributed by atoms with Crippen LogP contribution in [0.25, 0.3) is 0 Å². The van der Waals surface area contributed by atoms with Crippen LogP contribution in [-0.2, 0) is 6.54 Å². The van der Waals surface area contributed by atoms with Crippen LogP contribution in [0, 0.1) is 6.92 Å². The van der Waals surface area contributed by atoms with Crippen molar-refractivity contribution in [3.05, 3.63) is 29.6 Å². The first-order valence-electron chi connectivity index (χ1n) is 5.57. The number of hydrogen-bond acceptors (Lipinski definition) is 3. The molecule has 0 saturated carbocycles. The van der Waals surface area contributed by atoms with E-state index in [9.17, 15) is 5.11 Å². The monoisotopic (exact) mass is 206 g/mol. The summed E-state index contributed by atoms with van der Waals surface area (Å²) in [5, 5.41) is 9.39. The van der Waals surface area contributed by atoms with Crippen molar-refractivity contribution in [1.29, 1.82) is 0 Å². The van der Waals surface area contributed by atoms with Crippen molar-refractivity contribution in [1.82, 2.24) is 9.88 Å². The molecule has 0 unspecified atom stereocenters. The van der Waals surface area contributed by atoms with Gasteiger partial charge in [-0.1, -0.05) is 6.07 Å². The van der Waals surface area contributed by atoms with E-state index in [0.29, 0.717) is 0 Å². The number of hydrogen-bond donors (Lipinski definition) is 1. The molecule has 3 heteroatoms. The van der Waals surface area contributed by atoms with Gasteiger partial charge in [0.25, 0.3) is 0 Å². The highest BCUT2D eigenvalue weighted by atomic mass is 16.3. The first-order valence-corrected chi connectivity index (χ1v) is 5.57. The first-order chi connectivity index (χ1) is 7.24. The molecule has 15 heavy (non-hydrogen) atoms. The molecule has 1 N–H and O–H groups in total. The van der Waals surface area contributed by atoms with E-state index in [1.807, 2.05) is 13.0 Å². The van der Waals surface area contributed by atoms with Gasteiger partial charge in [0.15, 0.2) is 0 Å². The first kappa shape index (κ1) is 10.6. The van der Waals surface area contributed by atoms with Crippen LogP contribution >= 0.6 is 0 Å². The van der Waals surface area contributed by atoms with Gasteiger partial charge in [0, 0.05) is 25.3 Å². The Morgan fingerprint density at radius 1 is 1.40 bits per heavy atom. The predicted octanol–water partition coefficient (Wildman–Crippen LogP) is 1.35. The molecule has 2 heterocycles.